The molecule has 0 amide bonds. The Morgan fingerprint density at radius 1 is 1.06 bits per heavy atom. The van der Waals surface area contributed by atoms with Crippen molar-refractivity contribution in [1.29, 1.82) is 5.26 Å². The summed E-state index contributed by atoms with van der Waals surface area (Å²) >= 11 is 0. The molecule has 0 N–H and O–H groups in total. The Kier molecular flexibility index (Phi) is 3.36. The van der Waals surface area contributed by atoms with Crippen LogP contribution in [0.25, 0.3) is 0 Å². The lowest BCUT2D eigenvalue weighted by atomic mass is 10.1. The largest absolute Gasteiger partial charge is 0.243 e. The number of hydrogen-bond acceptors (Lipinski definition) is 2. The molecule has 0 saturated carbocycles. The van der Waals surface area contributed by atoms with Crippen LogP contribution >= 0.6 is 0 Å². The van der Waals surface area contributed by atoms with Crippen LogP contribution in [0.5, 0.6) is 0 Å². The summed E-state index contributed by atoms with van der Waals surface area (Å²) in [5.41, 5.74) is 2.37. The van der Waals surface area contributed by atoms with Crippen LogP contribution in [-0.4, -0.2) is 4.98 Å². The minimum absolute atomic E-state index is 0.299. The predicted octanol–water partition coefficient (Wildman–Crippen LogP) is 2.80. The van der Waals surface area contributed by atoms with Crippen LogP contribution < -0.4 is 0 Å². The molecule has 1 aromatic heterocycles. The summed E-state index contributed by atoms with van der Waals surface area (Å²) in [7, 11) is 0. The maximum absolute atomic E-state index is 12.7. The molecule has 2 rings (SSSR count). The van der Waals surface area contributed by atoms with Crippen LogP contribution in [0.15, 0.2) is 36.4 Å². The third kappa shape index (κ3) is 2.72. The van der Waals surface area contributed by atoms with Gasteiger partial charge in [0.2, 0.25) is 0 Å². The zero-order chi connectivity index (χ0) is 13.0. The summed E-state index contributed by atoms with van der Waals surface area (Å²) in [4.78, 5) is 4.21. The predicted molar refractivity (Wildman–Crippen MR) is 66.1 cm³/mol. The summed E-state index contributed by atoms with van der Waals surface area (Å²) in [5.74, 6) is 5.40. The number of aromatic nitrogens is 1. The number of aryl methyl sites for hydroxylation is 1. The van der Waals surface area contributed by atoms with Gasteiger partial charge in [-0.2, -0.15) is 5.26 Å². The molecule has 86 valence electrons. The number of hydrogen-bond donors (Lipinski definition) is 0. The Bertz CT molecular complexity index is 670. The fourth-order valence-corrected chi connectivity index (χ4v) is 1.41. The molecule has 0 aliphatic heterocycles. The molecule has 0 aliphatic rings. The smallest absolute Gasteiger partial charge is 0.131 e. The van der Waals surface area contributed by atoms with E-state index in [0.717, 1.165) is 5.69 Å². The van der Waals surface area contributed by atoms with E-state index in [1.54, 1.807) is 24.3 Å². The van der Waals surface area contributed by atoms with Gasteiger partial charge in [-0.3, -0.25) is 0 Å². The number of nitriles is 1. The number of nitrogens with zero attached hydrogens (tertiary/aromatic N) is 2. The normalized spacial score (nSPS) is 9.17. The van der Waals surface area contributed by atoms with E-state index in [-0.39, 0.29) is 5.82 Å². The average molecular weight is 236 g/mol. The van der Waals surface area contributed by atoms with Crippen LogP contribution in [-0.2, 0) is 0 Å². The second-order valence-electron chi connectivity index (χ2n) is 3.72. The molecule has 3 heteroatoms. The molecule has 1 heterocycles. The zero-order valence-corrected chi connectivity index (χ0v) is 9.74. The molecule has 2 nitrogen and oxygen atoms in total. The first-order valence-electron chi connectivity index (χ1n) is 5.34. The fourth-order valence-electron chi connectivity index (χ4n) is 1.41. The maximum Gasteiger partial charge on any atom is 0.131 e. The second kappa shape index (κ2) is 5.12. The van der Waals surface area contributed by atoms with Gasteiger partial charge in [-0.1, -0.05) is 5.92 Å². The number of pyridine rings is 1. The van der Waals surface area contributed by atoms with Gasteiger partial charge in [-0.05, 0) is 49.2 Å². The van der Waals surface area contributed by atoms with Gasteiger partial charge in [0.15, 0.2) is 0 Å². The van der Waals surface area contributed by atoms with Gasteiger partial charge >= 0.3 is 0 Å². The minimum atomic E-state index is -0.299. The topological polar surface area (TPSA) is 36.7 Å². The molecule has 1 aromatic carbocycles. The van der Waals surface area contributed by atoms with Gasteiger partial charge in [0, 0.05) is 11.3 Å². The molecule has 0 aliphatic carbocycles. The average Bonchev–Trinajstić information content (AvgIpc) is 2.38. The maximum atomic E-state index is 12.7. The Morgan fingerprint density at radius 2 is 1.78 bits per heavy atom. The summed E-state index contributed by atoms with van der Waals surface area (Å²) < 4.78 is 12.7. The van der Waals surface area contributed by atoms with E-state index in [2.05, 4.69) is 16.8 Å². The highest BCUT2D eigenvalue weighted by Gasteiger charge is 2.00. The molecule has 0 saturated heterocycles. The van der Waals surface area contributed by atoms with Crippen LogP contribution in [0.2, 0.25) is 0 Å². The van der Waals surface area contributed by atoms with Gasteiger partial charge in [0.25, 0.3) is 0 Å². The molecule has 0 spiro atoms. The first-order valence-corrected chi connectivity index (χ1v) is 5.34. The molecular weight excluding hydrogens is 227 g/mol. The molecule has 0 bridgehead atoms. The van der Waals surface area contributed by atoms with Crippen LogP contribution in [0, 0.1) is 35.9 Å². The highest BCUT2D eigenvalue weighted by atomic mass is 19.1. The molecule has 0 atom stereocenters. The van der Waals surface area contributed by atoms with Crippen molar-refractivity contribution in [3.8, 4) is 17.9 Å². The van der Waals surface area contributed by atoms with Crippen molar-refractivity contribution in [2.75, 3.05) is 0 Å². The zero-order valence-electron chi connectivity index (χ0n) is 9.74. The van der Waals surface area contributed by atoms with Gasteiger partial charge in [0.05, 0.1) is 5.56 Å². The summed E-state index contributed by atoms with van der Waals surface area (Å²) in [6.45, 7) is 1.84. The van der Waals surface area contributed by atoms with Gasteiger partial charge in [-0.15, -0.1) is 0 Å². The molecule has 18 heavy (non-hydrogen) atoms. The monoisotopic (exact) mass is 236 g/mol. The fraction of sp³-hybridized carbons (Fsp3) is 0.0667. The van der Waals surface area contributed by atoms with Gasteiger partial charge < -0.3 is 0 Å². The lowest BCUT2D eigenvalue weighted by molar-refractivity contribution is 0.627. The van der Waals surface area contributed by atoms with E-state index in [4.69, 9.17) is 5.26 Å². The van der Waals surface area contributed by atoms with Crippen LogP contribution in [0.3, 0.4) is 0 Å². The number of benzene rings is 1. The van der Waals surface area contributed by atoms with E-state index in [9.17, 15) is 4.39 Å². The van der Waals surface area contributed by atoms with E-state index in [1.165, 1.54) is 12.1 Å². The van der Waals surface area contributed by atoms with E-state index in [0.29, 0.717) is 16.8 Å². The van der Waals surface area contributed by atoms with Crippen molar-refractivity contribution in [1.82, 2.24) is 4.98 Å². The molecule has 0 unspecified atom stereocenters. The minimum Gasteiger partial charge on any atom is -0.243 e. The molecule has 2 aromatic rings. The standard InChI is InChI=1S/C15H9FN2/c1-11-2-6-13(10-17)15(18-11)9-5-12-3-7-14(16)8-4-12/h2-4,6-8H,1H3. The molecule has 0 radical (unpaired) electrons. The van der Waals surface area contributed by atoms with Gasteiger partial charge in [-0.25, -0.2) is 9.37 Å². The highest BCUT2D eigenvalue weighted by molar-refractivity contribution is 5.47. The lowest BCUT2D eigenvalue weighted by Gasteiger charge is -1.96. The highest BCUT2D eigenvalue weighted by Crippen LogP contribution is 2.06. The molecular formula is C15H9FN2. The van der Waals surface area contributed by atoms with E-state index in [1.807, 2.05) is 13.0 Å². The summed E-state index contributed by atoms with van der Waals surface area (Å²) in [6.07, 6.45) is 0. The number of rotatable bonds is 0. The van der Waals surface area contributed by atoms with Crippen molar-refractivity contribution in [3.05, 3.63) is 64.7 Å². The third-order valence-electron chi connectivity index (χ3n) is 2.32. The van der Waals surface area contributed by atoms with E-state index >= 15 is 0 Å². The number of halogens is 1. The van der Waals surface area contributed by atoms with Crippen molar-refractivity contribution in [2.45, 2.75) is 6.92 Å². The van der Waals surface area contributed by atoms with Crippen molar-refractivity contribution in [3.63, 3.8) is 0 Å². The van der Waals surface area contributed by atoms with Crippen molar-refractivity contribution in [2.24, 2.45) is 0 Å². The van der Waals surface area contributed by atoms with Crippen LogP contribution in [0.4, 0.5) is 4.39 Å². The van der Waals surface area contributed by atoms with Crippen LogP contribution in [0.1, 0.15) is 22.5 Å². The quantitative estimate of drug-likeness (QED) is 0.659. The van der Waals surface area contributed by atoms with Gasteiger partial charge in [0.1, 0.15) is 17.6 Å². The van der Waals surface area contributed by atoms with Crippen molar-refractivity contribution >= 4 is 0 Å². The van der Waals surface area contributed by atoms with E-state index < -0.39 is 0 Å². The Balaban J connectivity index is 2.38. The first kappa shape index (κ1) is 11.8. The SMILES string of the molecule is Cc1ccc(C#N)c(C#Cc2ccc(F)cc2)n1. The Hall–Kier alpha value is -2.65. The Morgan fingerprint density at radius 3 is 2.44 bits per heavy atom. The summed E-state index contributed by atoms with van der Waals surface area (Å²) in [6, 6.07) is 11.4. The lowest BCUT2D eigenvalue weighted by Crippen LogP contribution is -1.91. The van der Waals surface area contributed by atoms with Crippen molar-refractivity contribution < 1.29 is 4.39 Å². The Labute approximate surface area is 105 Å². The molecule has 0 fully saturated rings. The third-order valence-corrected chi connectivity index (χ3v) is 2.32. The summed E-state index contributed by atoms with van der Waals surface area (Å²) in [5, 5.41) is 8.94. The first-order chi connectivity index (χ1) is 8.69. The second-order valence-corrected chi connectivity index (χ2v) is 3.72.